The van der Waals surface area contributed by atoms with Crippen LogP contribution >= 0.6 is 0 Å². The molecular formula is C23H40N4O4. The second-order valence-corrected chi connectivity index (χ2v) is 8.78. The number of carbonyl (C=O) groups is 2. The van der Waals surface area contributed by atoms with Crippen molar-refractivity contribution in [3.63, 3.8) is 0 Å². The van der Waals surface area contributed by atoms with Gasteiger partial charge in [0, 0.05) is 25.2 Å². The third kappa shape index (κ3) is 7.00. The number of aryl methyl sites for hydroxylation is 1. The Hall–Kier alpha value is -2.00. The Bertz CT molecular complexity index is 707. The molecule has 176 valence electrons. The van der Waals surface area contributed by atoms with E-state index in [-0.39, 0.29) is 11.1 Å². The summed E-state index contributed by atoms with van der Waals surface area (Å²) in [4.78, 5) is 30.8. The van der Waals surface area contributed by atoms with Crippen LogP contribution in [0.3, 0.4) is 0 Å². The highest BCUT2D eigenvalue weighted by Gasteiger charge is 2.28. The van der Waals surface area contributed by atoms with Crippen molar-refractivity contribution in [3.05, 3.63) is 34.9 Å². The predicted molar refractivity (Wildman–Crippen MR) is 124 cm³/mol. The first kappa shape index (κ1) is 27.0. The van der Waals surface area contributed by atoms with Gasteiger partial charge in [-0.1, -0.05) is 12.1 Å². The van der Waals surface area contributed by atoms with Crippen LogP contribution in [-0.2, 0) is 0 Å². The molecule has 2 heterocycles. The van der Waals surface area contributed by atoms with Gasteiger partial charge in [-0.25, -0.2) is 9.59 Å². The fourth-order valence-corrected chi connectivity index (χ4v) is 3.88. The molecule has 31 heavy (non-hydrogen) atoms. The van der Waals surface area contributed by atoms with Crippen LogP contribution in [0.25, 0.3) is 0 Å². The van der Waals surface area contributed by atoms with E-state index in [0.29, 0.717) is 17.9 Å². The van der Waals surface area contributed by atoms with Gasteiger partial charge in [0.15, 0.2) is 0 Å². The van der Waals surface area contributed by atoms with E-state index in [0.717, 1.165) is 12.1 Å². The van der Waals surface area contributed by atoms with E-state index in [9.17, 15) is 9.59 Å². The number of rotatable bonds is 2. The van der Waals surface area contributed by atoms with E-state index < -0.39 is 11.9 Å². The zero-order valence-electron chi connectivity index (χ0n) is 20.5. The van der Waals surface area contributed by atoms with E-state index in [1.807, 2.05) is 0 Å². The monoisotopic (exact) mass is 436 g/mol. The summed E-state index contributed by atoms with van der Waals surface area (Å²) >= 11 is 0. The highest BCUT2D eigenvalue weighted by atomic mass is 16.4. The van der Waals surface area contributed by atoms with Crippen LogP contribution in [-0.4, -0.2) is 107 Å². The lowest BCUT2D eigenvalue weighted by Crippen LogP contribution is -2.32. The molecule has 2 fully saturated rings. The number of carboxylic acids is 2. The molecular weight excluding hydrogens is 396 g/mol. The smallest absolute Gasteiger partial charge is 0.336 e. The summed E-state index contributed by atoms with van der Waals surface area (Å²) in [5.74, 6) is -2.43. The zero-order chi connectivity index (χ0) is 24.0. The van der Waals surface area contributed by atoms with Crippen LogP contribution in [0.2, 0.25) is 0 Å². The molecule has 8 heteroatoms. The standard InChI is InChI=1S/C9H8O4.2C7H16N2/c1-5-3-2-4-6(8(10)11)7(5)9(12)13;2*1-6-5-8(3)7(2)9(6)4/h2-4H,1H3,(H,10,11)(H,12,13);2*6-7H,5H2,1-4H3. The van der Waals surface area contributed by atoms with Crippen molar-refractivity contribution in [2.75, 3.05) is 41.3 Å². The minimum atomic E-state index is -1.22. The summed E-state index contributed by atoms with van der Waals surface area (Å²) in [5, 5.41) is 17.4. The molecule has 4 atom stereocenters. The lowest BCUT2D eigenvalue weighted by Gasteiger charge is -2.21. The van der Waals surface area contributed by atoms with E-state index in [1.165, 1.54) is 25.2 Å². The van der Waals surface area contributed by atoms with E-state index >= 15 is 0 Å². The highest BCUT2D eigenvalue weighted by Crippen LogP contribution is 2.16. The molecule has 2 saturated heterocycles. The number of aromatic carboxylic acids is 2. The van der Waals surface area contributed by atoms with Crippen molar-refractivity contribution in [2.45, 2.75) is 59.0 Å². The maximum Gasteiger partial charge on any atom is 0.336 e. The Morgan fingerprint density at radius 3 is 1.42 bits per heavy atom. The van der Waals surface area contributed by atoms with Gasteiger partial charge in [0.05, 0.1) is 23.5 Å². The number of carboxylic acid groups (broad SMARTS) is 2. The molecule has 0 aromatic heterocycles. The first-order valence-electron chi connectivity index (χ1n) is 10.7. The Morgan fingerprint density at radius 1 is 0.806 bits per heavy atom. The molecule has 3 rings (SSSR count). The van der Waals surface area contributed by atoms with Gasteiger partial charge >= 0.3 is 11.9 Å². The van der Waals surface area contributed by atoms with Crippen LogP contribution in [0.4, 0.5) is 0 Å². The topological polar surface area (TPSA) is 87.6 Å². The molecule has 0 spiro atoms. The Morgan fingerprint density at radius 2 is 1.23 bits per heavy atom. The van der Waals surface area contributed by atoms with Crippen LogP contribution in [0.1, 0.15) is 54.0 Å². The van der Waals surface area contributed by atoms with E-state index in [4.69, 9.17) is 10.2 Å². The molecule has 1 aromatic carbocycles. The van der Waals surface area contributed by atoms with Crippen molar-refractivity contribution in [3.8, 4) is 0 Å². The first-order valence-corrected chi connectivity index (χ1v) is 10.7. The van der Waals surface area contributed by atoms with Crippen LogP contribution in [0.5, 0.6) is 0 Å². The zero-order valence-corrected chi connectivity index (χ0v) is 20.5. The fourth-order valence-electron chi connectivity index (χ4n) is 3.88. The minimum Gasteiger partial charge on any atom is -0.478 e. The van der Waals surface area contributed by atoms with Gasteiger partial charge in [-0.15, -0.1) is 0 Å². The number of hydrogen-bond donors (Lipinski definition) is 2. The lowest BCUT2D eigenvalue weighted by atomic mass is 10.0. The maximum atomic E-state index is 10.7. The third-order valence-corrected chi connectivity index (χ3v) is 6.67. The predicted octanol–water partition coefficient (Wildman–Crippen LogP) is 2.59. The second-order valence-electron chi connectivity index (χ2n) is 8.78. The molecule has 0 bridgehead atoms. The summed E-state index contributed by atoms with van der Waals surface area (Å²) in [6, 6.07) is 5.81. The SMILES string of the molecule is CC1CN(C)C(C)N1C.CC1CN(C)C(C)N1C.Cc1cccc(C(=O)O)c1C(=O)O. The van der Waals surface area contributed by atoms with Gasteiger partial charge in [0.1, 0.15) is 0 Å². The molecule has 0 saturated carbocycles. The van der Waals surface area contributed by atoms with Crippen LogP contribution < -0.4 is 0 Å². The molecule has 2 aliphatic heterocycles. The van der Waals surface area contributed by atoms with Crippen molar-refractivity contribution in [1.82, 2.24) is 19.6 Å². The van der Waals surface area contributed by atoms with E-state index in [1.54, 1.807) is 13.0 Å². The van der Waals surface area contributed by atoms with Gasteiger partial charge in [-0.05, 0) is 74.4 Å². The molecule has 0 radical (unpaired) electrons. The normalized spacial score (nSPS) is 27.3. The number of benzene rings is 1. The Kier molecular flexibility index (Phi) is 10.1. The second kappa shape index (κ2) is 11.6. The minimum absolute atomic E-state index is 0.144. The molecule has 0 aliphatic carbocycles. The lowest BCUT2D eigenvalue weighted by molar-refractivity contribution is 0.0651. The first-order chi connectivity index (χ1) is 14.3. The molecule has 1 aromatic rings. The van der Waals surface area contributed by atoms with E-state index in [2.05, 4.69) is 75.5 Å². The third-order valence-electron chi connectivity index (χ3n) is 6.67. The average Bonchev–Trinajstić information content (AvgIpc) is 3.05. The summed E-state index contributed by atoms with van der Waals surface area (Å²) in [6.07, 6.45) is 1.25. The maximum absolute atomic E-state index is 10.7. The fraction of sp³-hybridized carbons (Fsp3) is 0.652. The summed E-state index contributed by atoms with van der Waals surface area (Å²) in [7, 11) is 8.70. The summed E-state index contributed by atoms with van der Waals surface area (Å²) in [5.41, 5.74) is 0.134. The van der Waals surface area contributed by atoms with Gasteiger partial charge in [-0.3, -0.25) is 19.6 Å². The number of hydrogen-bond acceptors (Lipinski definition) is 6. The van der Waals surface area contributed by atoms with Gasteiger partial charge in [-0.2, -0.15) is 0 Å². The number of likely N-dealkylation sites (N-methyl/N-ethyl adjacent to an activating group) is 4. The van der Waals surface area contributed by atoms with Gasteiger partial charge in [0.2, 0.25) is 0 Å². The van der Waals surface area contributed by atoms with Crippen LogP contribution in [0, 0.1) is 6.92 Å². The summed E-state index contributed by atoms with van der Waals surface area (Å²) < 4.78 is 0. The largest absolute Gasteiger partial charge is 0.478 e. The van der Waals surface area contributed by atoms with Crippen molar-refractivity contribution >= 4 is 11.9 Å². The van der Waals surface area contributed by atoms with Gasteiger partial charge in [0.25, 0.3) is 0 Å². The molecule has 0 amide bonds. The molecule has 4 unspecified atom stereocenters. The molecule has 2 aliphatic rings. The average molecular weight is 437 g/mol. The highest BCUT2D eigenvalue weighted by molar-refractivity contribution is 6.02. The Labute approximate surface area is 187 Å². The summed E-state index contributed by atoms with van der Waals surface area (Å²) in [6.45, 7) is 13.0. The Balaban J connectivity index is 0.000000239. The molecule has 8 nitrogen and oxygen atoms in total. The molecule has 2 N–H and O–H groups in total. The van der Waals surface area contributed by atoms with Crippen molar-refractivity contribution < 1.29 is 19.8 Å². The quantitative estimate of drug-likeness (QED) is 0.732. The van der Waals surface area contributed by atoms with Crippen molar-refractivity contribution in [2.24, 2.45) is 0 Å². The van der Waals surface area contributed by atoms with Crippen molar-refractivity contribution in [1.29, 1.82) is 0 Å². The van der Waals surface area contributed by atoms with Crippen LogP contribution in [0.15, 0.2) is 18.2 Å². The van der Waals surface area contributed by atoms with Gasteiger partial charge < -0.3 is 10.2 Å². The number of nitrogens with zero attached hydrogens (tertiary/aromatic N) is 4.